The Bertz CT molecular complexity index is 711. The summed E-state index contributed by atoms with van der Waals surface area (Å²) in [4.78, 5) is 11.8. The molecule has 5 nitrogen and oxygen atoms in total. The third-order valence-corrected chi connectivity index (χ3v) is 2.89. The summed E-state index contributed by atoms with van der Waals surface area (Å²) in [6.07, 6.45) is 0. The fraction of sp³-hybridized carbons (Fsp3) is 0.0625. The first kappa shape index (κ1) is 14.3. The summed E-state index contributed by atoms with van der Waals surface area (Å²) in [6, 6.07) is 14.9. The van der Waals surface area contributed by atoms with Gasteiger partial charge < -0.3 is 5.11 Å². The predicted molar refractivity (Wildman–Crippen MR) is 78.9 cm³/mol. The fourth-order valence-corrected chi connectivity index (χ4v) is 1.66. The molecule has 2 aromatic carbocycles. The van der Waals surface area contributed by atoms with Crippen molar-refractivity contribution >= 4 is 11.6 Å². The molecular formula is C16H13N3O2. The van der Waals surface area contributed by atoms with Gasteiger partial charge in [0, 0.05) is 5.56 Å². The van der Waals surface area contributed by atoms with Crippen LogP contribution in [-0.4, -0.2) is 16.7 Å². The highest BCUT2D eigenvalue weighted by atomic mass is 16.3. The molecule has 5 heteroatoms. The number of amides is 1. The van der Waals surface area contributed by atoms with Crippen molar-refractivity contribution in [3.63, 3.8) is 0 Å². The van der Waals surface area contributed by atoms with Crippen molar-refractivity contribution in [3.05, 3.63) is 65.2 Å². The van der Waals surface area contributed by atoms with E-state index >= 15 is 0 Å². The van der Waals surface area contributed by atoms with Crippen molar-refractivity contribution in [1.29, 1.82) is 5.26 Å². The fourth-order valence-electron chi connectivity index (χ4n) is 1.66. The van der Waals surface area contributed by atoms with Crippen LogP contribution in [0.2, 0.25) is 0 Å². The number of aromatic hydroxyl groups is 1. The van der Waals surface area contributed by atoms with Gasteiger partial charge in [0.1, 0.15) is 5.75 Å². The molecule has 0 radical (unpaired) electrons. The van der Waals surface area contributed by atoms with Crippen LogP contribution in [-0.2, 0) is 0 Å². The van der Waals surface area contributed by atoms with Crippen molar-refractivity contribution in [1.82, 2.24) is 5.43 Å². The standard InChI is InChI=1S/C16H13N3O2/c1-11(13-4-2-12(10-17)3-5-13)18-19-16(21)14-6-8-15(20)9-7-14/h2-9,20H,1H3,(H,19,21)/b18-11-. The van der Waals surface area contributed by atoms with Gasteiger partial charge in [0.15, 0.2) is 0 Å². The lowest BCUT2D eigenvalue weighted by molar-refractivity contribution is 0.0955. The van der Waals surface area contributed by atoms with E-state index in [9.17, 15) is 4.79 Å². The average Bonchev–Trinajstić information content (AvgIpc) is 2.53. The molecule has 0 atom stereocenters. The van der Waals surface area contributed by atoms with Crippen LogP contribution in [0.15, 0.2) is 53.6 Å². The SMILES string of the molecule is C/C(=N/NC(=O)c1ccc(O)cc1)c1ccc(C#N)cc1. The van der Waals surface area contributed by atoms with Gasteiger partial charge in [-0.25, -0.2) is 5.43 Å². The summed E-state index contributed by atoms with van der Waals surface area (Å²) in [7, 11) is 0. The largest absolute Gasteiger partial charge is 0.508 e. The number of phenolic OH excluding ortho intramolecular Hbond substituents is 1. The second-order valence-electron chi connectivity index (χ2n) is 4.37. The van der Waals surface area contributed by atoms with E-state index in [1.165, 1.54) is 24.3 Å². The maximum atomic E-state index is 11.8. The summed E-state index contributed by atoms with van der Waals surface area (Å²) >= 11 is 0. The van der Waals surface area contributed by atoms with E-state index in [0.29, 0.717) is 16.8 Å². The number of phenols is 1. The van der Waals surface area contributed by atoms with Crippen LogP contribution in [0.25, 0.3) is 0 Å². The van der Waals surface area contributed by atoms with Crippen molar-refractivity contribution < 1.29 is 9.90 Å². The quantitative estimate of drug-likeness (QED) is 0.668. The Labute approximate surface area is 122 Å². The summed E-state index contributed by atoms with van der Waals surface area (Å²) < 4.78 is 0. The molecule has 0 aliphatic heterocycles. The van der Waals surface area contributed by atoms with Gasteiger partial charge in [-0.2, -0.15) is 10.4 Å². The Morgan fingerprint density at radius 2 is 1.67 bits per heavy atom. The number of carbonyl (C=O) groups excluding carboxylic acids is 1. The molecule has 0 saturated heterocycles. The zero-order valence-electron chi connectivity index (χ0n) is 11.4. The molecule has 0 heterocycles. The number of carbonyl (C=O) groups is 1. The summed E-state index contributed by atoms with van der Waals surface area (Å²) in [6.45, 7) is 1.76. The molecular weight excluding hydrogens is 266 g/mol. The van der Waals surface area contributed by atoms with E-state index in [0.717, 1.165) is 5.56 Å². The first-order valence-corrected chi connectivity index (χ1v) is 6.24. The molecule has 0 saturated carbocycles. The highest BCUT2D eigenvalue weighted by molar-refractivity contribution is 6.00. The molecule has 2 rings (SSSR count). The van der Waals surface area contributed by atoms with Gasteiger partial charge in [-0.15, -0.1) is 0 Å². The van der Waals surface area contributed by atoms with Crippen LogP contribution < -0.4 is 5.43 Å². The zero-order chi connectivity index (χ0) is 15.2. The number of benzene rings is 2. The van der Waals surface area contributed by atoms with Gasteiger partial charge in [-0.05, 0) is 48.9 Å². The third-order valence-electron chi connectivity index (χ3n) is 2.89. The molecule has 0 aromatic heterocycles. The van der Waals surface area contributed by atoms with Crippen LogP contribution in [0.1, 0.15) is 28.4 Å². The molecule has 0 aliphatic carbocycles. The van der Waals surface area contributed by atoms with Crippen molar-refractivity contribution in [2.45, 2.75) is 6.92 Å². The highest BCUT2D eigenvalue weighted by Gasteiger charge is 2.04. The lowest BCUT2D eigenvalue weighted by Crippen LogP contribution is -2.19. The third kappa shape index (κ3) is 3.67. The predicted octanol–water partition coefficient (Wildman–Crippen LogP) is 2.42. The Kier molecular flexibility index (Phi) is 4.32. The van der Waals surface area contributed by atoms with Crippen molar-refractivity contribution in [2.75, 3.05) is 0 Å². The van der Waals surface area contributed by atoms with E-state index in [4.69, 9.17) is 10.4 Å². The van der Waals surface area contributed by atoms with E-state index < -0.39 is 0 Å². The molecule has 21 heavy (non-hydrogen) atoms. The van der Waals surface area contributed by atoms with Crippen LogP contribution in [0.3, 0.4) is 0 Å². The van der Waals surface area contributed by atoms with Crippen LogP contribution >= 0.6 is 0 Å². The van der Waals surface area contributed by atoms with E-state index in [2.05, 4.69) is 10.5 Å². The molecule has 2 aromatic rings. The number of hydrogen-bond acceptors (Lipinski definition) is 4. The highest BCUT2D eigenvalue weighted by Crippen LogP contribution is 2.09. The van der Waals surface area contributed by atoms with Crippen LogP contribution in [0.4, 0.5) is 0 Å². The minimum atomic E-state index is -0.358. The first-order valence-electron chi connectivity index (χ1n) is 6.24. The maximum absolute atomic E-state index is 11.8. The number of nitriles is 1. The van der Waals surface area contributed by atoms with Gasteiger partial charge >= 0.3 is 0 Å². The molecule has 0 spiro atoms. The summed E-state index contributed by atoms with van der Waals surface area (Å²) in [5.74, 6) is -0.258. The van der Waals surface area contributed by atoms with Gasteiger partial charge in [-0.3, -0.25) is 4.79 Å². The Morgan fingerprint density at radius 1 is 1.10 bits per heavy atom. The van der Waals surface area contributed by atoms with Crippen LogP contribution in [0, 0.1) is 11.3 Å². The van der Waals surface area contributed by atoms with Crippen molar-refractivity contribution in [2.24, 2.45) is 5.10 Å². The lowest BCUT2D eigenvalue weighted by Gasteiger charge is -2.03. The van der Waals surface area contributed by atoms with Gasteiger partial charge in [0.05, 0.1) is 17.3 Å². The normalized spacial score (nSPS) is 10.8. The minimum absolute atomic E-state index is 0.101. The molecule has 104 valence electrons. The molecule has 0 fully saturated rings. The first-order chi connectivity index (χ1) is 10.1. The van der Waals surface area contributed by atoms with Crippen LogP contribution in [0.5, 0.6) is 5.75 Å². The lowest BCUT2D eigenvalue weighted by atomic mass is 10.1. The van der Waals surface area contributed by atoms with E-state index in [1.807, 2.05) is 6.07 Å². The number of rotatable bonds is 3. The molecule has 0 aliphatic rings. The zero-order valence-corrected chi connectivity index (χ0v) is 11.4. The molecule has 1 amide bonds. The second-order valence-corrected chi connectivity index (χ2v) is 4.37. The smallest absolute Gasteiger partial charge is 0.271 e. The Balaban J connectivity index is 2.07. The number of hydrogen-bond donors (Lipinski definition) is 2. The minimum Gasteiger partial charge on any atom is -0.508 e. The Hall–Kier alpha value is -3.13. The molecule has 2 N–H and O–H groups in total. The monoisotopic (exact) mass is 279 g/mol. The summed E-state index contributed by atoms with van der Waals surface area (Å²) in [5, 5.41) is 21.9. The van der Waals surface area contributed by atoms with E-state index in [-0.39, 0.29) is 11.7 Å². The van der Waals surface area contributed by atoms with Crippen molar-refractivity contribution in [3.8, 4) is 11.8 Å². The molecule has 0 unspecified atom stereocenters. The van der Waals surface area contributed by atoms with Gasteiger partial charge in [-0.1, -0.05) is 12.1 Å². The van der Waals surface area contributed by atoms with Gasteiger partial charge in [0.25, 0.3) is 5.91 Å². The number of hydrazone groups is 1. The average molecular weight is 279 g/mol. The second kappa shape index (κ2) is 6.35. The maximum Gasteiger partial charge on any atom is 0.271 e. The van der Waals surface area contributed by atoms with Gasteiger partial charge in [0.2, 0.25) is 0 Å². The number of nitrogens with zero attached hydrogens (tertiary/aromatic N) is 2. The molecule has 0 bridgehead atoms. The number of nitrogens with one attached hydrogen (secondary N) is 1. The Morgan fingerprint density at radius 3 is 2.24 bits per heavy atom. The topological polar surface area (TPSA) is 85.5 Å². The van der Waals surface area contributed by atoms with E-state index in [1.54, 1.807) is 31.2 Å². The summed E-state index contributed by atoms with van der Waals surface area (Å²) in [5.41, 5.74) is 4.87.